The maximum atomic E-state index is 11.8. The number of morpholine rings is 1. The lowest BCUT2D eigenvalue weighted by atomic mass is 10.2. The molecule has 1 saturated heterocycles. The number of hydrogen-bond donors (Lipinski definition) is 2. The van der Waals surface area contributed by atoms with E-state index >= 15 is 0 Å². The molecule has 1 fully saturated rings. The van der Waals surface area contributed by atoms with E-state index in [0.29, 0.717) is 5.69 Å². The Kier molecular flexibility index (Phi) is 6.03. The molecule has 1 aromatic carbocycles. The molecular weight excluding hydrogens is 308 g/mol. The molecule has 0 bridgehead atoms. The summed E-state index contributed by atoms with van der Waals surface area (Å²) in [4.78, 5) is 26.9. The van der Waals surface area contributed by atoms with E-state index in [1.807, 2.05) is 24.3 Å². The van der Waals surface area contributed by atoms with Crippen molar-refractivity contribution in [2.75, 3.05) is 43.9 Å². The first-order valence-electron chi connectivity index (χ1n) is 8.10. The van der Waals surface area contributed by atoms with Crippen LogP contribution in [0.3, 0.4) is 0 Å². The van der Waals surface area contributed by atoms with Crippen LogP contribution < -0.4 is 15.5 Å². The van der Waals surface area contributed by atoms with Gasteiger partial charge in [-0.15, -0.1) is 0 Å². The standard InChI is InChI=1S/C17H26N4O3/c1-12-10-21(11-13(2)24-12)15-7-5-14(6-8-15)19-17(23)18-9-16(22)20(3)4/h5-8,12-13H,9-11H2,1-4H3,(H2,18,19,23)/t12-,13-/m1/s1. The Balaban J connectivity index is 1.87. The van der Waals surface area contributed by atoms with E-state index in [0.717, 1.165) is 18.8 Å². The van der Waals surface area contributed by atoms with Crippen LogP contribution in [0.25, 0.3) is 0 Å². The highest BCUT2D eigenvalue weighted by molar-refractivity contribution is 5.92. The number of benzene rings is 1. The summed E-state index contributed by atoms with van der Waals surface area (Å²) < 4.78 is 5.74. The molecule has 132 valence electrons. The maximum Gasteiger partial charge on any atom is 0.319 e. The Labute approximate surface area is 142 Å². The molecular formula is C17H26N4O3. The summed E-state index contributed by atoms with van der Waals surface area (Å²) in [5.41, 5.74) is 1.79. The summed E-state index contributed by atoms with van der Waals surface area (Å²) in [7, 11) is 3.29. The fraction of sp³-hybridized carbons (Fsp3) is 0.529. The molecule has 0 radical (unpaired) electrons. The van der Waals surface area contributed by atoms with Gasteiger partial charge < -0.3 is 25.2 Å². The fourth-order valence-electron chi connectivity index (χ4n) is 2.63. The maximum absolute atomic E-state index is 11.8. The van der Waals surface area contributed by atoms with Crippen LogP contribution in [0.15, 0.2) is 24.3 Å². The zero-order chi connectivity index (χ0) is 17.7. The molecule has 0 spiro atoms. The first-order valence-corrected chi connectivity index (χ1v) is 8.10. The molecule has 1 aliphatic heterocycles. The number of rotatable bonds is 4. The van der Waals surface area contributed by atoms with Crippen LogP contribution in [0, 0.1) is 0 Å². The molecule has 2 N–H and O–H groups in total. The minimum atomic E-state index is -0.397. The molecule has 7 nitrogen and oxygen atoms in total. The third-order valence-corrected chi connectivity index (χ3v) is 3.81. The zero-order valence-corrected chi connectivity index (χ0v) is 14.7. The summed E-state index contributed by atoms with van der Waals surface area (Å²) in [5.74, 6) is -0.156. The first kappa shape index (κ1) is 18.1. The number of carbonyl (C=O) groups excluding carboxylic acids is 2. The summed E-state index contributed by atoms with van der Waals surface area (Å²) in [6.45, 7) is 5.81. The molecule has 7 heteroatoms. The SMILES string of the molecule is C[C@@H]1CN(c2ccc(NC(=O)NCC(=O)N(C)C)cc2)C[C@@H](C)O1. The van der Waals surface area contributed by atoms with E-state index in [1.165, 1.54) is 4.90 Å². The Morgan fingerprint density at radius 3 is 2.29 bits per heavy atom. The van der Waals surface area contributed by atoms with Gasteiger partial charge in [0.25, 0.3) is 0 Å². The van der Waals surface area contributed by atoms with Crippen molar-refractivity contribution in [1.82, 2.24) is 10.2 Å². The number of hydrogen-bond acceptors (Lipinski definition) is 4. The van der Waals surface area contributed by atoms with Gasteiger partial charge in [0.2, 0.25) is 5.91 Å². The number of nitrogens with one attached hydrogen (secondary N) is 2. The first-order chi connectivity index (χ1) is 11.3. The molecule has 0 aliphatic carbocycles. The van der Waals surface area contributed by atoms with Gasteiger partial charge in [0.1, 0.15) is 0 Å². The third-order valence-electron chi connectivity index (χ3n) is 3.81. The van der Waals surface area contributed by atoms with Gasteiger partial charge in [-0.05, 0) is 38.1 Å². The van der Waals surface area contributed by atoms with E-state index in [4.69, 9.17) is 4.74 Å². The van der Waals surface area contributed by atoms with Crippen LogP contribution >= 0.6 is 0 Å². The second kappa shape index (κ2) is 8.01. The Morgan fingerprint density at radius 1 is 1.17 bits per heavy atom. The number of likely N-dealkylation sites (N-methyl/N-ethyl adjacent to an activating group) is 1. The van der Waals surface area contributed by atoms with E-state index in [1.54, 1.807) is 14.1 Å². The molecule has 24 heavy (non-hydrogen) atoms. The second-order valence-corrected chi connectivity index (χ2v) is 6.31. The minimum Gasteiger partial charge on any atom is -0.372 e. The fourth-order valence-corrected chi connectivity index (χ4v) is 2.63. The summed E-state index contributed by atoms with van der Waals surface area (Å²) >= 11 is 0. The van der Waals surface area contributed by atoms with E-state index in [9.17, 15) is 9.59 Å². The van der Waals surface area contributed by atoms with Crippen LogP contribution in [0.1, 0.15) is 13.8 Å². The van der Waals surface area contributed by atoms with Crippen molar-refractivity contribution in [2.45, 2.75) is 26.1 Å². The summed E-state index contributed by atoms with van der Waals surface area (Å²) in [6, 6.07) is 7.27. The van der Waals surface area contributed by atoms with E-state index < -0.39 is 6.03 Å². The highest BCUT2D eigenvalue weighted by Crippen LogP contribution is 2.22. The largest absolute Gasteiger partial charge is 0.372 e. The van der Waals surface area contributed by atoms with Crippen LogP contribution in [0.2, 0.25) is 0 Å². The number of carbonyl (C=O) groups is 2. The van der Waals surface area contributed by atoms with Gasteiger partial charge in [-0.3, -0.25) is 4.79 Å². The van der Waals surface area contributed by atoms with Gasteiger partial charge in [-0.25, -0.2) is 4.79 Å². The normalized spacial score (nSPS) is 20.4. The molecule has 0 saturated carbocycles. The molecule has 0 unspecified atom stereocenters. The van der Waals surface area contributed by atoms with Gasteiger partial charge in [0.05, 0.1) is 18.8 Å². The molecule has 3 amide bonds. The average molecular weight is 334 g/mol. The van der Waals surface area contributed by atoms with Gasteiger partial charge in [-0.1, -0.05) is 0 Å². The zero-order valence-electron chi connectivity index (χ0n) is 14.7. The predicted molar refractivity (Wildman–Crippen MR) is 94.4 cm³/mol. The number of ether oxygens (including phenoxy) is 1. The summed E-state index contributed by atoms with van der Waals surface area (Å²) in [5, 5.41) is 5.25. The van der Waals surface area contributed by atoms with Crippen LogP contribution in [-0.2, 0) is 9.53 Å². The Morgan fingerprint density at radius 2 is 1.75 bits per heavy atom. The number of amides is 3. The van der Waals surface area contributed by atoms with Crippen molar-refractivity contribution in [3.8, 4) is 0 Å². The lowest BCUT2D eigenvalue weighted by molar-refractivity contribution is -0.127. The minimum absolute atomic E-state index is 0.0273. The van der Waals surface area contributed by atoms with Crippen LogP contribution in [-0.4, -0.2) is 62.8 Å². The highest BCUT2D eigenvalue weighted by Gasteiger charge is 2.22. The van der Waals surface area contributed by atoms with Crippen molar-refractivity contribution in [3.63, 3.8) is 0 Å². The summed E-state index contributed by atoms with van der Waals surface area (Å²) in [6.07, 6.45) is 0.401. The van der Waals surface area contributed by atoms with Crippen molar-refractivity contribution in [2.24, 2.45) is 0 Å². The molecule has 1 aromatic rings. The van der Waals surface area contributed by atoms with Gasteiger partial charge in [0.15, 0.2) is 0 Å². The number of urea groups is 1. The predicted octanol–water partition coefficient (Wildman–Crippen LogP) is 1.51. The smallest absolute Gasteiger partial charge is 0.319 e. The lowest BCUT2D eigenvalue weighted by Gasteiger charge is -2.36. The number of anilines is 2. The van der Waals surface area contributed by atoms with Crippen molar-refractivity contribution in [1.29, 1.82) is 0 Å². The molecule has 2 atom stereocenters. The van der Waals surface area contributed by atoms with Crippen LogP contribution in [0.5, 0.6) is 0 Å². The topological polar surface area (TPSA) is 73.9 Å². The van der Waals surface area contributed by atoms with Crippen molar-refractivity contribution < 1.29 is 14.3 Å². The molecule has 0 aromatic heterocycles. The van der Waals surface area contributed by atoms with E-state index in [2.05, 4.69) is 29.4 Å². The van der Waals surface area contributed by atoms with Gasteiger partial charge in [0, 0.05) is 38.6 Å². The number of nitrogens with zero attached hydrogens (tertiary/aromatic N) is 2. The van der Waals surface area contributed by atoms with Crippen LogP contribution in [0.4, 0.5) is 16.2 Å². The van der Waals surface area contributed by atoms with Gasteiger partial charge >= 0.3 is 6.03 Å². The molecule has 1 aliphatic rings. The highest BCUT2D eigenvalue weighted by atomic mass is 16.5. The molecule has 2 rings (SSSR count). The van der Waals surface area contributed by atoms with Gasteiger partial charge in [-0.2, -0.15) is 0 Å². The monoisotopic (exact) mass is 334 g/mol. The lowest BCUT2D eigenvalue weighted by Crippen LogP contribution is -2.45. The second-order valence-electron chi connectivity index (χ2n) is 6.31. The van der Waals surface area contributed by atoms with Crippen molar-refractivity contribution in [3.05, 3.63) is 24.3 Å². The third kappa shape index (κ3) is 5.13. The van der Waals surface area contributed by atoms with E-state index in [-0.39, 0.29) is 24.7 Å². The Bertz CT molecular complexity index is 564. The average Bonchev–Trinajstić information content (AvgIpc) is 2.52. The quantitative estimate of drug-likeness (QED) is 0.875. The Hall–Kier alpha value is -2.28. The molecule has 1 heterocycles. The van der Waals surface area contributed by atoms with Crippen molar-refractivity contribution >= 4 is 23.3 Å².